The van der Waals surface area contributed by atoms with Gasteiger partial charge in [-0.05, 0) is 21.5 Å². The number of hydrogen-bond donors (Lipinski definition) is 0. The number of benzene rings is 4. The van der Waals surface area contributed by atoms with Crippen molar-refractivity contribution in [3.63, 3.8) is 0 Å². The number of hydrogen-bond acceptors (Lipinski definition) is 1. The monoisotopic (exact) mass is 358 g/mol. The van der Waals surface area contributed by atoms with E-state index in [1.165, 1.54) is 0 Å². The fraction of sp³-hybridized carbons (Fsp3) is 0.167. The lowest BCUT2D eigenvalue weighted by Crippen LogP contribution is -2.31. The minimum absolute atomic E-state index is 0.388. The van der Waals surface area contributed by atoms with Gasteiger partial charge in [-0.25, -0.2) is 0 Å². The first kappa shape index (κ1) is 17.1. The minimum Gasteiger partial charge on any atom is -0.313 e. The Morgan fingerprint density at radius 1 is 0.577 bits per heavy atom. The molecule has 0 N–H and O–H groups in total. The molecule has 0 saturated heterocycles. The second kappa shape index (κ2) is 6.11. The van der Waals surface area contributed by atoms with Crippen LogP contribution < -0.4 is 10.6 Å². The fourth-order valence-corrected chi connectivity index (χ4v) is 7.20. The van der Waals surface area contributed by atoms with Gasteiger partial charge in [0.25, 0.3) is 0 Å². The van der Waals surface area contributed by atoms with Crippen molar-refractivity contribution in [3.05, 3.63) is 84.9 Å². The van der Waals surface area contributed by atoms with Crippen molar-refractivity contribution in [1.82, 2.24) is 0 Å². The summed E-state index contributed by atoms with van der Waals surface area (Å²) in [6.07, 6.45) is 0. The molecule has 1 nitrogen and oxygen atoms in total. The van der Waals surface area contributed by atoms with Crippen LogP contribution in [0.5, 0.6) is 0 Å². The lowest BCUT2D eigenvalue weighted by Gasteiger charge is -2.33. The molecular formula is C24H23OP. The average Bonchev–Trinajstić information content (AvgIpc) is 2.65. The summed E-state index contributed by atoms with van der Waals surface area (Å²) in [5.74, 6) is 0. The zero-order valence-corrected chi connectivity index (χ0v) is 16.3. The van der Waals surface area contributed by atoms with Crippen LogP contribution in [0, 0.1) is 0 Å². The number of rotatable bonds is 2. The Hall–Kier alpha value is -2.37. The zero-order valence-electron chi connectivity index (χ0n) is 15.4. The SMILES string of the molecule is CC(C)(C)P(=O)(c1cccc2ccccc12)c1cccc2ccccc12. The molecule has 4 aromatic carbocycles. The molecule has 0 bridgehead atoms. The van der Waals surface area contributed by atoms with Crippen molar-refractivity contribution in [3.8, 4) is 0 Å². The molecule has 26 heavy (non-hydrogen) atoms. The van der Waals surface area contributed by atoms with Gasteiger partial charge >= 0.3 is 0 Å². The van der Waals surface area contributed by atoms with Crippen LogP contribution in [0.4, 0.5) is 0 Å². The van der Waals surface area contributed by atoms with E-state index in [1.807, 2.05) is 36.4 Å². The average molecular weight is 358 g/mol. The minimum atomic E-state index is -2.90. The predicted octanol–water partition coefficient (Wildman–Crippen LogP) is 6.11. The van der Waals surface area contributed by atoms with E-state index in [2.05, 4.69) is 69.3 Å². The molecule has 0 radical (unpaired) electrons. The van der Waals surface area contributed by atoms with E-state index in [4.69, 9.17) is 0 Å². The normalized spacial score (nSPS) is 12.6. The van der Waals surface area contributed by atoms with Crippen LogP contribution in [0.3, 0.4) is 0 Å². The third-order valence-electron chi connectivity index (χ3n) is 5.16. The summed E-state index contributed by atoms with van der Waals surface area (Å²) in [5, 5.41) is 5.96. The fourth-order valence-electron chi connectivity index (χ4n) is 3.82. The van der Waals surface area contributed by atoms with Crippen molar-refractivity contribution in [1.29, 1.82) is 0 Å². The van der Waals surface area contributed by atoms with Crippen molar-refractivity contribution in [2.24, 2.45) is 0 Å². The molecular weight excluding hydrogens is 335 g/mol. The maximum atomic E-state index is 14.9. The number of fused-ring (bicyclic) bond motifs is 2. The topological polar surface area (TPSA) is 17.1 Å². The van der Waals surface area contributed by atoms with E-state index in [0.717, 1.165) is 32.2 Å². The van der Waals surface area contributed by atoms with Crippen LogP contribution in [0.2, 0.25) is 0 Å². The molecule has 0 atom stereocenters. The van der Waals surface area contributed by atoms with Gasteiger partial charge in [0, 0.05) is 15.8 Å². The Morgan fingerprint density at radius 3 is 1.38 bits per heavy atom. The molecule has 4 aromatic rings. The summed E-state index contributed by atoms with van der Waals surface area (Å²) in [7, 11) is -2.90. The molecule has 2 heteroatoms. The van der Waals surface area contributed by atoms with Gasteiger partial charge in [-0.2, -0.15) is 0 Å². The molecule has 0 saturated carbocycles. The van der Waals surface area contributed by atoms with Gasteiger partial charge in [0.1, 0.15) is 7.14 Å². The Bertz CT molecular complexity index is 1060. The van der Waals surface area contributed by atoms with Crippen LogP contribution in [-0.2, 0) is 4.57 Å². The summed E-state index contributed by atoms with van der Waals surface area (Å²) in [6, 6.07) is 28.8. The van der Waals surface area contributed by atoms with Gasteiger partial charge in [-0.15, -0.1) is 0 Å². The molecule has 0 aliphatic heterocycles. The van der Waals surface area contributed by atoms with Crippen molar-refractivity contribution >= 4 is 39.3 Å². The van der Waals surface area contributed by atoms with E-state index in [0.29, 0.717) is 0 Å². The molecule has 0 fully saturated rings. The van der Waals surface area contributed by atoms with Gasteiger partial charge in [0.05, 0.1) is 0 Å². The second-order valence-corrected chi connectivity index (χ2v) is 11.3. The Balaban J connectivity index is 2.15. The maximum Gasteiger partial charge on any atom is 0.149 e. The first-order valence-electron chi connectivity index (χ1n) is 9.00. The first-order valence-corrected chi connectivity index (χ1v) is 10.7. The van der Waals surface area contributed by atoms with E-state index >= 15 is 0 Å². The lowest BCUT2D eigenvalue weighted by molar-refractivity contribution is 0.564. The molecule has 0 heterocycles. The standard InChI is InChI=1S/C24H23OP/c1-24(2,3)26(25,22-16-8-12-18-10-4-6-14-20(18)22)23-17-9-13-19-11-5-7-15-21(19)23/h4-17H,1-3H3. The van der Waals surface area contributed by atoms with Crippen LogP contribution in [0.1, 0.15) is 20.8 Å². The summed E-state index contributed by atoms with van der Waals surface area (Å²) in [5.41, 5.74) is 0. The predicted molar refractivity (Wildman–Crippen MR) is 115 cm³/mol. The Labute approximate surface area is 155 Å². The van der Waals surface area contributed by atoms with Gasteiger partial charge in [-0.1, -0.05) is 106 Å². The van der Waals surface area contributed by atoms with E-state index in [-0.39, 0.29) is 5.16 Å². The quantitative estimate of drug-likeness (QED) is 0.395. The van der Waals surface area contributed by atoms with Gasteiger partial charge in [-0.3, -0.25) is 0 Å². The van der Waals surface area contributed by atoms with Crippen LogP contribution in [0.25, 0.3) is 21.5 Å². The maximum absolute atomic E-state index is 14.9. The highest BCUT2D eigenvalue weighted by molar-refractivity contribution is 7.80. The highest BCUT2D eigenvalue weighted by atomic mass is 31.2. The van der Waals surface area contributed by atoms with Crippen LogP contribution in [-0.4, -0.2) is 5.16 Å². The van der Waals surface area contributed by atoms with E-state index < -0.39 is 7.14 Å². The summed E-state index contributed by atoms with van der Waals surface area (Å²) < 4.78 is 14.9. The Kier molecular flexibility index (Phi) is 4.01. The summed E-state index contributed by atoms with van der Waals surface area (Å²) in [4.78, 5) is 0. The highest BCUT2D eigenvalue weighted by Crippen LogP contribution is 2.57. The van der Waals surface area contributed by atoms with E-state index in [9.17, 15) is 4.57 Å². The van der Waals surface area contributed by atoms with Crippen molar-refractivity contribution in [2.75, 3.05) is 0 Å². The molecule has 0 aliphatic rings. The van der Waals surface area contributed by atoms with Gasteiger partial charge in [0.2, 0.25) is 0 Å². The molecule has 0 spiro atoms. The molecule has 0 amide bonds. The zero-order chi connectivity index (χ0) is 18.4. The summed E-state index contributed by atoms with van der Waals surface area (Å²) in [6.45, 7) is 6.28. The molecule has 0 aromatic heterocycles. The summed E-state index contributed by atoms with van der Waals surface area (Å²) >= 11 is 0. The molecule has 0 aliphatic carbocycles. The van der Waals surface area contributed by atoms with Gasteiger partial charge in [0.15, 0.2) is 0 Å². The third kappa shape index (κ3) is 2.50. The van der Waals surface area contributed by atoms with Crippen LogP contribution >= 0.6 is 7.14 Å². The lowest BCUT2D eigenvalue weighted by atomic mass is 10.1. The third-order valence-corrected chi connectivity index (χ3v) is 9.18. The highest BCUT2D eigenvalue weighted by Gasteiger charge is 2.41. The van der Waals surface area contributed by atoms with E-state index in [1.54, 1.807) is 0 Å². The van der Waals surface area contributed by atoms with Crippen molar-refractivity contribution < 1.29 is 4.57 Å². The second-order valence-electron chi connectivity index (χ2n) is 7.78. The first-order chi connectivity index (χ1) is 12.4. The molecule has 4 rings (SSSR count). The molecule has 0 unspecified atom stereocenters. The smallest absolute Gasteiger partial charge is 0.149 e. The Morgan fingerprint density at radius 2 is 0.962 bits per heavy atom. The van der Waals surface area contributed by atoms with Crippen molar-refractivity contribution in [2.45, 2.75) is 25.9 Å². The van der Waals surface area contributed by atoms with Crippen LogP contribution in [0.15, 0.2) is 84.9 Å². The largest absolute Gasteiger partial charge is 0.313 e. The van der Waals surface area contributed by atoms with Gasteiger partial charge < -0.3 is 4.57 Å². The molecule has 130 valence electrons.